The predicted molar refractivity (Wildman–Crippen MR) is 127 cm³/mol. The van der Waals surface area contributed by atoms with Crippen LogP contribution in [-0.4, -0.2) is 39.5 Å². The van der Waals surface area contributed by atoms with Crippen LogP contribution in [0.5, 0.6) is 5.75 Å². The van der Waals surface area contributed by atoms with E-state index in [4.69, 9.17) is 0 Å². The summed E-state index contributed by atoms with van der Waals surface area (Å²) in [5.74, 6) is -4.39. The number of hydrogen-bond acceptors (Lipinski definition) is 6. The molecule has 1 atom stereocenters. The van der Waals surface area contributed by atoms with Gasteiger partial charge in [-0.3, -0.25) is 19.3 Å². The first-order valence-electron chi connectivity index (χ1n) is 10.7. The lowest BCUT2D eigenvalue weighted by Gasteiger charge is -2.32. The highest BCUT2D eigenvalue weighted by molar-refractivity contribution is 6.56. The molecule has 0 bridgehead atoms. The fourth-order valence-corrected chi connectivity index (χ4v) is 4.37. The number of imide groups is 1. The number of phenols is 1. The summed E-state index contributed by atoms with van der Waals surface area (Å²) in [7, 11) is 0. The van der Waals surface area contributed by atoms with Gasteiger partial charge in [-0.25, -0.2) is 9.69 Å². The average Bonchev–Trinajstić information content (AvgIpc) is 3.23. The minimum atomic E-state index is -2.42. The Morgan fingerprint density at radius 3 is 2.14 bits per heavy atom. The molecule has 9 nitrogen and oxygen atoms in total. The molecule has 1 spiro atoms. The molecule has 0 radical (unpaired) electrons. The molecule has 0 aromatic heterocycles. The van der Waals surface area contributed by atoms with E-state index in [2.05, 4.69) is 5.32 Å². The van der Waals surface area contributed by atoms with Crippen LogP contribution in [0.2, 0.25) is 0 Å². The molecule has 35 heavy (non-hydrogen) atoms. The van der Waals surface area contributed by atoms with E-state index >= 15 is 0 Å². The van der Waals surface area contributed by atoms with Gasteiger partial charge in [-0.15, -0.1) is 0 Å². The Labute approximate surface area is 199 Å². The highest BCUT2D eigenvalue weighted by Gasteiger charge is 2.68. The third kappa shape index (κ3) is 3.09. The van der Waals surface area contributed by atoms with Crippen molar-refractivity contribution in [3.8, 4) is 5.75 Å². The van der Waals surface area contributed by atoms with E-state index in [1.54, 1.807) is 30.3 Å². The van der Waals surface area contributed by atoms with Gasteiger partial charge in [-0.2, -0.15) is 0 Å². The summed E-state index contributed by atoms with van der Waals surface area (Å²) in [4.78, 5) is 55.3. The number of carbonyl (C=O) groups is 4. The van der Waals surface area contributed by atoms with Crippen molar-refractivity contribution < 1.29 is 29.4 Å². The molecule has 2 aliphatic rings. The maximum Gasteiger partial charge on any atom is 0.331 e. The molecular formula is C26H19N3O6. The molecule has 174 valence electrons. The second-order valence-electron chi connectivity index (χ2n) is 8.16. The number of aromatic hydroxyl groups is 1. The van der Waals surface area contributed by atoms with Gasteiger partial charge in [-0.05, 0) is 31.2 Å². The zero-order chi connectivity index (χ0) is 24.9. The van der Waals surface area contributed by atoms with Crippen LogP contribution in [0.15, 0.2) is 84.4 Å². The fourth-order valence-electron chi connectivity index (χ4n) is 4.37. The van der Waals surface area contributed by atoms with Gasteiger partial charge in [0.1, 0.15) is 17.1 Å². The Kier molecular flexibility index (Phi) is 4.91. The van der Waals surface area contributed by atoms with Gasteiger partial charge in [0.05, 0.1) is 11.4 Å². The first kappa shape index (κ1) is 21.9. The van der Waals surface area contributed by atoms with Gasteiger partial charge < -0.3 is 15.5 Å². The lowest BCUT2D eigenvalue weighted by atomic mass is 9.94. The highest BCUT2D eigenvalue weighted by atomic mass is 16.3. The van der Waals surface area contributed by atoms with Crippen LogP contribution in [0.3, 0.4) is 0 Å². The Bertz CT molecular complexity index is 1430. The standard InChI is InChI=1S/C26H19N3O6/c1-15-11-13-16(14-12-15)21(31)20-22(32)23(33)29(18-9-5-6-10-19(18)30)26(20)24(34)28(25(35)27-26)17-7-3-2-4-8-17/h2-14,30-31H,1H3,(H,27,35)/b21-20-. The van der Waals surface area contributed by atoms with E-state index < -0.39 is 46.4 Å². The van der Waals surface area contributed by atoms with Gasteiger partial charge in [0.25, 0.3) is 11.7 Å². The van der Waals surface area contributed by atoms with Gasteiger partial charge in [0.2, 0.25) is 5.66 Å². The summed E-state index contributed by atoms with van der Waals surface area (Å²) in [6.07, 6.45) is 0. The molecule has 3 aromatic rings. The molecule has 9 heteroatoms. The van der Waals surface area contributed by atoms with E-state index in [1.807, 2.05) is 6.92 Å². The van der Waals surface area contributed by atoms with Crippen molar-refractivity contribution >= 4 is 40.8 Å². The predicted octanol–water partition coefficient (Wildman–Crippen LogP) is 3.04. The number of amides is 4. The fraction of sp³-hybridized carbons (Fsp3) is 0.0769. The van der Waals surface area contributed by atoms with Crippen LogP contribution in [0.1, 0.15) is 11.1 Å². The SMILES string of the molecule is Cc1ccc(/C(O)=C2\C(=O)C(=O)N(c3ccccc3O)C23NC(=O)N(c2ccccc2)C3=O)cc1. The molecule has 2 fully saturated rings. The van der Waals surface area contributed by atoms with Crippen LogP contribution >= 0.6 is 0 Å². The minimum Gasteiger partial charge on any atom is -0.507 e. The Morgan fingerprint density at radius 1 is 0.857 bits per heavy atom. The molecule has 2 heterocycles. The number of benzene rings is 3. The van der Waals surface area contributed by atoms with Gasteiger partial charge >= 0.3 is 11.9 Å². The molecule has 1 unspecified atom stereocenters. The average molecular weight is 469 g/mol. The number of ketones is 1. The van der Waals surface area contributed by atoms with Gasteiger partial charge in [-0.1, -0.05) is 60.2 Å². The smallest absolute Gasteiger partial charge is 0.331 e. The van der Waals surface area contributed by atoms with Crippen LogP contribution in [0.25, 0.3) is 5.76 Å². The molecule has 4 amide bonds. The number of nitrogens with zero attached hydrogens (tertiary/aromatic N) is 2. The zero-order valence-corrected chi connectivity index (χ0v) is 18.4. The number of aliphatic hydroxyl groups is 1. The molecule has 2 aliphatic heterocycles. The van der Waals surface area contributed by atoms with E-state index in [1.165, 1.54) is 48.5 Å². The van der Waals surface area contributed by atoms with Crippen molar-refractivity contribution in [2.45, 2.75) is 12.6 Å². The van der Waals surface area contributed by atoms with Crippen molar-refractivity contribution in [2.75, 3.05) is 9.80 Å². The zero-order valence-electron chi connectivity index (χ0n) is 18.4. The number of anilines is 2. The summed E-state index contributed by atoms with van der Waals surface area (Å²) in [5, 5.41) is 24.2. The Hall–Kier alpha value is -4.92. The topological polar surface area (TPSA) is 127 Å². The molecule has 0 aliphatic carbocycles. The highest BCUT2D eigenvalue weighted by Crippen LogP contribution is 2.45. The van der Waals surface area contributed by atoms with Crippen molar-refractivity contribution in [1.29, 1.82) is 0 Å². The Morgan fingerprint density at radius 2 is 1.49 bits per heavy atom. The number of para-hydroxylation sites is 3. The van der Waals surface area contributed by atoms with E-state index in [0.29, 0.717) is 0 Å². The second kappa shape index (κ2) is 7.84. The number of aliphatic hydroxyl groups excluding tert-OH is 1. The summed E-state index contributed by atoms with van der Waals surface area (Å²) >= 11 is 0. The normalized spacial score (nSPS) is 21.2. The molecule has 5 rings (SSSR count). The number of aryl methyl sites for hydroxylation is 1. The lowest BCUT2D eigenvalue weighted by molar-refractivity contribution is -0.132. The second-order valence-corrected chi connectivity index (χ2v) is 8.16. The molecule has 2 saturated heterocycles. The number of Topliss-reactive ketones (excluding diaryl/α,β-unsaturated/α-hetero) is 1. The molecule has 3 aromatic carbocycles. The largest absolute Gasteiger partial charge is 0.507 e. The van der Waals surface area contributed by atoms with Crippen LogP contribution in [-0.2, 0) is 14.4 Å². The van der Waals surface area contributed by atoms with Crippen LogP contribution in [0, 0.1) is 6.92 Å². The molecule has 0 saturated carbocycles. The number of nitrogens with one attached hydrogen (secondary N) is 1. The quantitative estimate of drug-likeness (QED) is 0.234. The number of phenolic OH excluding ortho intramolecular Hbond substituents is 1. The van der Waals surface area contributed by atoms with E-state index in [-0.39, 0.29) is 16.9 Å². The van der Waals surface area contributed by atoms with Crippen LogP contribution in [0.4, 0.5) is 16.2 Å². The number of carbonyl (C=O) groups excluding carboxylic acids is 4. The van der Waals surface area contributed by atoms with Gasteiger partial charge in [0, 0.05) is 5.56 Å². The van der Waals surface area contributed by atoms with E-state index in [0.717, 1.165) is 15.4 Å². The maximum absolute atomic E-state index is 14.0. The first-order chi connectivity index (χ1) is 16.8. The summed E-state index contributed by atoms with van der Waals surface area (Å²) in [5.41, 5.74) is -1.95. The first-order valence-corrected chi connectivity index (χ1v) is 10.7. The Balaban J connectivity index is 1.80. The number of rotatable bonds is 3. The monoisotopic (exact) mass is 469 g/mol. The minimum absolute atomic E-state index is 0.172. The van der Waals surface area contributed by atoms with E-state index in [9.17, 15) is 29.4 Å². The van der Waals surface area contributed by atoms with Gasteiger partial charge in [0.15, 0.2) is 0 Å². The lowest BCUT2D eigenvalue weighted by Crippen LogP contribution is -2.60. The summed E-state index contributed by atoms with van der Waals surface area (Å²) < 4.78 is 0. The van der Waals surface area contributed by atoms with Crippen molar-refractivity contribution in [1.82, 2.24) is 5.32 Å². The number of hydrogen-bond donors (Lipinski definition) is 3. The molecular weight excluding hydrogens is 450 g/mol. The third-order valence-corrected chi connectivity index (χ3v) is 6.02. The van der Waals surface area contributed by atoms with Crippen molar-refractivity contribution in [2.24, 2.45) is 0 Å². The maximum atomic E-state index is 14.0. The molecule has 3 N–H and O–H groups in total. The summed E-state index contributed by atoms with van der Waals surface area (Å²) in [6.45, 7) is 1.83. The third-order valence-electron chi connectivity index (χ3n) is 6.02. The van der Waals surface area contributed by atoms with Crippen molar-refractivity contribution in [3.63, 3.8) is 0 Å². The van der Waals surface area contributed by atoms with Crippen LogP contribution < -0.4 is 15.1 Å². The van der Waals surface area contributed by atoms with Crippen molar-refractivity contribution in [3.05, 3.63) is 95.6 Å². The number of urea groups is 1. The summed E-state index contributed by atoms with van der Waals surface area (Å²) in [6, 6.07) is 19.1.